The summed E-state index contributed by atoms with van der Waals surface area (Å²) in [6.45, 7) is 0.465. The van der Waals surface area contributed by atoms with Crippen LogP contribution in [0.15, 0.2) is 35.0 Å². The molecule has 1 unspecified atom stereocenters. The Hall–Kier alpha value is -1.92. The van der Waals surface area contributed by atoms with Gasteiger partial charge in [-0.2, -0.15) is 11.3 Å². The highest BCUT2D eigenvalue weighted by molar-refractivity contribution is 7.08. The summed E-state index contributed by atoms with van der Waals surface area (Å²) >= 11 is 1.52. The van der Waals surface area contributed by atoms with Crippen molar-refractivity contribution >= 4 is 23.1 Å². The van der Waals surface area contributed by atoms with Crippen LogP contribution < -0.4 is 10.2 Å². The summed E-state index contributed by atoms with van der Waals surface area (Å²) in [6, 6.07) is 7.29. The van der Waals surface area contributed by atoms with E-state index in [1.54, 1.807) is 6.07 Å². The summed E-state index contributed by atoms with van der Waals surface area (Å²) in [4.78, 5) is 13.4. The first-order valence-electron chi connectivity index (χ1n) is 8.69. The van der Waals surface area contributed by atoms with Crippen LogP contribution in [0.25, 0.3) is 11.1 Å². The largest absolute Gasteiger partial charge is 0.465 e. The number of nitrogens with zero attached hydrogens (tertiary/aromatic N) is 1. The van der Waals surface area contributed by atoms with Crippen LogP contribution in [0.1, 0.15) is 25.7 Å². The molecule has 0 saturated carbocycles. The monoisotopic (exact) mass is 360 g/mol. The van der Waals surface area contributed by atoms with E-state index in [0.717, 1.165) is 18.4 Å². The highest BCUT2D eigenvalue weighted by atomic mass is 32.1. The van der Waals surface area contributed by atoms with E-state index < -0.39 is 6.09 Å². The number of carboxylic acid groups (broad SMARTS) is 1. The van der Waals surface area contributed by atoms with E-state index in [1.807, 2.05) is 16.8 Å². The molecule has 0 aliphatic carbocycles. The molecule has 2 aromatic rings. The van der Waals surface area contributed by atoms with E-state index in [2.05, 4.69) is 5.32 Å². The molecule has 4 nitrogen and oxygen atoms in total. The second kappa shape index (κ2) is 6.77. The molecule has 1 amide bonds. The second-order valence-electron chi connectivity index (χ2n) is 7.04. The van der Waals surface area contributed by atoms with Crippen molar-refractivity contribution in [2.24, 2.45) is 5.92 Å². The van der Waals surface area contributed by atoms with Crippen molar-refractivity contribution in [3.05, 3.63) is 40.8 Å². The lowest BCUT2D eigenvalue weighted by Crippen LogP contribution is -2.43. The van der Waals surface area contributed by atoms with Crippen LogP contribution in [-0.4, -0.2) is 29.8 Å². The predicted molar refractivity (Wildman–Crippen MR) is 97.8 cm³/mol. The maximum atomic E-state index is 13.8. The van der Waals surface area contributed by atoms with E-state index in [9.17, 15) is 14.3 Å². The summed E-state index contributed by atoms with van der Waals surface area (Å²) in [5.41, 5.74) is 2.06. The third kappa shape index (κ3) is 3.41. The normalized spacial score (nSPS) is 25.1. The SMILES string of the molecule is O=C(O)N(CC1C[C@H]2CC[C@@H](C1)N2)c1ccc(F)cc1-c1ccsc1. The second-order valence-corrected chi connectivity index (χ2v) is 7.82. The maximum absolute atomic E-state index is 13.8. The van der Waals surface area contributed by atoms with Gasteiger partial charge in [0.15, 0.2) is 0 Å². The third-order valence-electron chi connectivity index (χ3n) is 5.32. The molecule has 3 atom stereocenters. The molecule has 0 spiro atoms. The van der Waals surface area contributed by atoms with Gasteiger partial charge in [-0.3, -0.25) is 4.90 Å². The van der Waals surface area contributed by atoms with Gasteiger partial charge in [0, 0.05) is 24.2 Å². The smallest absolute Gasteiger partial charge is 0.411 e. The Bertz CT molecular complexity index is 753. The molecule has 0 radical (unpaired) electrons. The van der Waals surface area contributed by atoms with Crippen molar-refractivity contribution in [1.29, 1.82) is 0 Å². The van der Waals surface area contributed by atoms with Gasteiger partial charge in [-0.15, -0.1) is 0 Å². The first-order valence-corrected chi connectivity index (χ1v) is 9.63. The number of rotatable bonds is 4. The summed E-state index contributed by atoms with van der Waals surface area (Å²) in [5, 5.41) is 17.2. The molecule has 2 fully saturated rings. The van der Waals surface area contributed by atoms with Gasteiger partial charge < -0.3 is 10.4 Å². The van der Waals surface area contributed by atoms with E-state index in [-0.39, 0.29) is 5.82 Å². The standard InChI is InChI=1S/C19H21FN2O2S/c20-14-1-4-18(17(9-14)13-5-6-25-11-13)22(19(23)24)10-12-7-15-2-3-16(8-12)21-15/h1,4-6,9,11-12,15-16,21H,2-3,7-8,10H2,(H,23,24)/t12?,15-,16+. The number of halogens is 1. The van der Waals surface area contributed by atoms with Gasteiger partial charge in [-0.25, -0.2) is 9.18 Å². The quantitative estimate of drug-likeness (QED) is 0.840. The Morgan fingerprint density at radius 1 is 1.28 bits per heavy atom. The van der Waals surface area contributed by atoms with Crippen LogP contribution in [0, 0.1) is 11.7 Å². The van der Waals surface area contributed by atoms with Crippen LogP contribution in [0.4, 0.5) is 14.9 Å². The van der Waals surface area contributed by atoms with Crippen molar-refractivity contribution in [2.75, 3.05) is 11.4 Å². The maximum Gasteiger partial charge on any atom is 0.411 e. The Balaban J connectivity index is 1.64. The summed E-state index contributed by atoms with van der Waals surface area (Å²) < 4.78 is 13.8. The average Bonchev–Trinajstić information content (AvgIpc) is 3.23. The van der Waals surface area contributed by atoms with Crippen molar-refractivity contribution in [3.8, 4) is 11.1 Å². The van der Waals surface area contributed by atoms with Crippen molar-refractivity contribution in [1.82, 2.24) is 5.32 Å². The summed E-state index contributed by atoms with van der Waals surface area (Å²) in [5.74, 6) is -0.00886. The van der Waals surface area contributed by atoms with E-state index in [4.69, 9.17) is 0 Å². The molecular formula is C19H21FN2O2S. The molecule has 2 aliphatic heterocycles. The Labute approximate surface area is 150 Å². The number of piperidine rings is 1. The van der Waals surface area contributed by atoms with Crippen LogP contribution in [0.3, 0.4) is 0 Å². The van der Waals surface area contributed by atoms with Gasteiger partial charge in [-0.1, -0.05) is 0 Å². The fraction of sp³-hybridized carbons (Fsp3) is 0.421. The molecule has 2 N–H and O–H groups in total. The van der Waals surface area contributed by atoms with Crippen molar-refractivity contribution < 1.29 is 14.3 Å². The topological polar surface area (TPSA) is 52.6 Å². The fourth-order valence-corrected chi connectivity index (χ4v) is 4.91. The van der Waals surface area contributed by atoms with E-state index in [1.165, 1.54) is 41.2 Å². The molecule has 3 heterocycles. The number of fused-ring (bicyclic) bond motifs is 2. The number of hydrogen-bond acceptors (Lipinski definition) is 3. The van der Waals surface area contributed by atoms with Crippen LogP contribution in [0.5, 0.6) is 0 Å². The minimum Gasteiger partial charge on any atom is -0.465 e. The van der Waals surface area contributed by atoms with E-state index in [0.29, 0.717) is 35.8 Å². The molecule has 1 aromatic heterocycles. The molecule has 2 bridgehead atoms. The molecular weight excluding hydrogens is 339 g/mol. The summed E-state index contributed by atoms with van der Waals surface area (Å²) in [6.07, 6.45) is 3.41. The number of amides is 1. The van der Waals surface area contributed by atoms with Gasteiger partial charge in [0.1, 0.15) is 5.82 Å². The zero-order chi connectivity index (χ0) is 17.4. The van der Waals surface area contributed by atoms with Crippen molar-refractivity contribution in [3.63, 3.8) is 0 Å². The molecule has 6 heteroatoms. The Morgan fingerprint density at radius 3 is 2.68 bits per heavy atom. The zero-order valence-electron chi connectivity index (χ0n) is 13.8. The lowest BCUT2D eigenvalue weighted by atomic mass is 9.91. The molecule has 25 heavy (non-hydrogen) atoms. The number of nitrogens with one attached hydrogen (secondary N) is 1. The number of anilines is 1. The minimum atomic E-state index is -0.978. The van der Waals surface area contributed by atoms with Gasteiger partial charge in [0.05, 0.1) is 5.69 Å². The van der Waals surface area contributed by atoms with Crippen LogP contribution in [0.2, 0.25) is 0 Å². The number of benzene rings is 1. The first-order chi connectivity index (χ1) is 12.1. The van der Waals surface area contributed by atoms with Crippen molar-refractivity contribution in [2.45, 2.75) is 37.8 Å². The van der Waals surface area contributed by atoms with Gasteiger partial charge in [0.25, 0.3) is 0 Å². The van der Waals surface area contributed by atoms with Gasteiger partial charge in [-0.05, 0) is 72.2 Å². The molecule has 1 aromatic carbocycles. The highest BCUT2D eigenvalue weighted by Gasteiger charge is 2.35. The predicted octanol–water partition coefficient (Wildman–Crippen LogP) is 4.57. The fourth-order valence-electron chi connectivity index (χ4n) is 4.25. The van der Waals surface area contributed by atoms with Crippen LogP contribution >= 0.6 is 11.3 Å². The van der Waals surface area contributed by atoms with Gasteiger partial charge in [0.2, 0.25) is 0 Å². The lowest BCUT2D eigenvalue weighted by molar-refractivity contribution is 0.198. The highest BCUT2D eigenvalue weighted by Crippen LogP contribution is 2.36. The first kappa shape index (κ1) is 16.5. The number of thiophene rings is 1. The number of carbonyl (C=O) groups is 1. The minimum absolute atomic E-state index is 0.343. The Morgan fingerprint density at radius 2 is 2.04 bits per heavy atom. The lowest BCUT2D eigenvalue weighted by Gasteiger charge is -2.33. The molecule has 4 rings (SSSR count). The Kier molecular flexibility index (Phi) is 4.48. The summed E-state index contributed by atoms with van der Waals surface area (Å²) in [7, 11) is 0. The number of hydrogen-bond donors (Lipinski definition) is 2. The molecule has 2 saturated heterocycles. The zero-order valence-corrected chi connectivity index (χ0v) is 14.6. The molecule has 132 valence electrons. The van der Waals surface area contributed by atoms with E-state index >= 15 is 0 Å². The molecule has 2 aliphatic rings. The average molecular weight is 360 g/mol. The van der Waals surface area contributed by atoms with Gasteiger partial charge >= 0.3 is 6.09 Å². The van der Waals surface area contributed by atoms with Crippen LogP contribution in [-0.2, 0) is 0 Å². The third-order valence-corrected chi connectivity index (χ3v) is 6.01.